The summed E-state index contributed by atoms with van der Waals surface area (Å²) in [5, 5.41) is 0. The van der Waals surface area contributed by atoms with Crippen LogP contribution in [0.4, 0.5) is 5.82 Å². The molecule has 1 aromatic rings. The van der Waals surface area contributed by atoms with Crippen LogP contribution in [0, 0.1) is 5.92 Å². The topological polar surface area (TPSA) is 51.4 Å². The van der Waals surface area contributed by atoms with Gasteiger partial charge in [-0.2, -0.15) is 4.98 Å². The zero-order chi connectivity index (χ0) is 12.8. The fraction of sp³-hybridized carbons (Fsp3) is 0.500. The summed E-state index contributed by atoms with van der Waals surface area (Å²) in [6.07, 6.45) is 0. The molecule has 0 radical (unpaired) electrons. The van der Waals surface area contributed by atoms with Gasteiger partial charge in [0.05, 0.1) is 11.6 Å². The van der Waals surface area contributed by atoms with Gasteiger partial charge in [0.1, 0.15) is 5.82 Å². The van der Waals surface area contributed by atoms with Crippen molar-refractivity contribution in [3.05, 3.63) is 18.2 Å². The van der Waals surface area contributed by atoms with Gasteiger partial charge in [-0.05, 0) is 13.0 Å². The average molecular weight is 253 g/mol. The predicted octanol–water partition coefficient (Wildman–Crippen LogP) is 1.84. The molecule has 0 amide bonds. The van der Waals surface area contributed by atoms with E-state index in [1.807, 2.05) is 44.0 Å². The van der Waals surface area contributed by atoms with Crippen molar-refractivity contribution in [2.75, 3.05) is 25.1 Å². The van der Waals surface area contributed by atoms with Crippen LogP contribution < -0.4 is 15.4 Å². The normalized spacial score (nSPS) is 11.9. The molecule has 1 unspecified atom stereocenters. The number of nitrogens with two attached hydrogens (primary N) is 1. The third-order valence-corrected chi connectivity index (χ3v) is 2.83. The molecule has 1 aromatic heterocycles. The summed E-state index contributed by atoms with van der Waals surface area (Å²) < 4.78 is 5.36. The van der Waals surface area contributed by atoms with Crippen molar-refractivity contribution in [3.63, 3.8) is 0 Å². The fourth-order valence-electron chi connectivity index (χ4n) is 1.44. The Bertz CT molecular complexity index is 384. The summed E-state index contributed by atoms with van der Waals surface area (Å²) in [5.41, 5.74) is 5.60. The third kappa shape index (κ3) is 4.19. The van der Waals surface area contributed by atoms with Crippen molar-refractivity contribution in [1.29, 1.82) is 0 Å². The van der Waals surface area contributed by atoms with Crippen LogP contribution in [0.1, 0.15) is 13.8 Å². The molecular weight excluding hydrogens is 234 g/mol. The van der Waals surface area contributed by atoms with Crippen LogP contribution in [0.2, 0.25) is 0 Å². The van der Waals surface area contributed by atoms with E-state index in [-0.39, 0.29) is 5.92 Å². The number of hydrogen-bond acceptors (Lipinski definition) is 4. The first-order valence-electron chi connectivity index (χ1n) is 5.65. The summed E-state index contributed by atoms with van der Waals surface area (Å²) in [6.45, 7) is 5.31. The Hall–Kier alpha value is -1.36. The van der Waals surface area contributed by atoms with Gasteiger partial charge in [-0.3, -0.25) is 0 Å². The monoisotopic (exact) mass is 253 g/mol. The Morgan fingerprint density at radius 1 is 1.59 bits per heavy atom. The number of ether oxygens (including phenoxy) is 1. The van der Waals surface area contributed by atoms with Crippen LogP contribution in [-0.4, -0.2) is 30.2 Å². The Morgan fingerprint density at radius 2 is 2.29 bits per heavy atom. The predicted molar refractivity (Wildman–Crippen MR) is 74.6 cm³/mol. The highest BCUT2D eigenvalue weighted by molar-refractivity contribution is 7.80. The molecular formula is C12H19N3OS. The molecule has 0 aliphatic heterocycles. The molecule has 5 heteroatoms. The minimum atomic E-state index is 0.160. The van der Waals surface area contributed by atoms with Crippen LogP contribution >= 0.6 is 12.2 Å². The highest BCUT2D eigenvalue weighted by Gasteiger charge is 2.10. The van der Waals surface area contributed by atoms with Crippen molar-refractivity contribution in [3.8, 4) is 5.88 Å². The maximum atomic E-state index is 5.60. The zero-order valence-corrected chi connectivity index (χ0v) is 11.3. The molecule has 0 aromatic carbocycles. The number of thiocarbonyl (C=S) groups is 1. The van der Waals surface area contributed by atoms with Crippen molar-refractivity contribution in [2.24, 2.45) is 11.7 Å². The van der Waals surface area contributed by atoms with E-state index in [0.29, 0.717) is 17.5 Å². The van der Waals surface area contributed by atoms with E-state index >= 15 is 0 Å². The van der Waals surface area contributed by atoms with Crippen LogP contribution in [0.15, 0.2) is 18.2 Å². The van der Waals surface area contributed by atoms with Crippen LogP contribution in [0.3, 0.4) is 0 Å². The lowest BCUT2D eigenvalue weighted by atomic mass is 10.2. The number of anilines is 1. The summed E-state index contributed by atoms with van der Waals surface area (Å²) in [4.78, 5) is 6.94. The Labute approximate surface area is 108 Å². The minimum absolute atomic E-state index is 0.160. The largest absolute Gasteiger partial charge is 0.478 e. The second-order valence-electron chi connectivity index (χ2n) is 3.95. The number of hydrogen-bond donors (Lipinski definition) is 1. The van der Waals surface area contributed by atoms with Crippen molar-refractivity contribution in [1.82, 2.24) is 4.98 Å². The highest BCUT2D eigenvalue weighted by Crippen LogP contribution is 2.15. The average Bonchev–Trinajstić information content (AvgIpc) is 2.29. The van der Waals surface area contributed by atoms with Gasteiger partial charge in [0, 0.05) is 25.6 Å². The lowest BCUT2D eigenvalue weighted by molar-refractivity contribution is 0.327. The first-order valence-corrected chi connectivity index (χ1v) is 6.05. The van der Waals surface area contributed by atoms with E-state index < -0.39 is 0 Å². The maximum Gasteiger partial charge on any atom is 0.215 e. The molecule has 17 heavy (non-hydrogen) atoms. The van der Waals surface area contributed by atoms with E-state index in [9.17, 15) is 0 Å². The van der Waals surface area contributed by atoms with E-state index in [2.05, 4.69) is 4.98 Å². The van der Waals surface area contributed by atoms with Gasteiger partial charge in [-0.1, -0.05) is 25.2 Å². The minimum Gasteiger partial charge on any atom is -0.478 e. The molecule has 0 aliphatic carbocycles. The molecule has 2 N–H and O–H groups in total. The second kappa shape index (κ2) is 6.39. The summed E-state index contributed by atoms with van der Waals surface area (Å²) in [7, 11) is 1.97. The maximum absolute atomic E-state index is 5.60. The van der Waals surface area contributed by atoms with E-state index in [4.69, 9.17) is 22.7 Å². The number of pyridine rings is 1. The molecule has 0 spiro atoms. The van der Waals surface area contributed by atoms with Gasteiger partial charge >= 0.3 is 0 Å². The molecule has 1 heterocycles. The Morgan fingerprint density at radius 3 is 2.88 bits per heavy atom. The standard InChI is InChI=1S/C12H19N3OS/c1-4-16-11-7-5-6-10(14-11)15(3)8-9(2)12(13)17/h5-7,9H,4,8H2,1-3H3,(H2,13,17). The quantitative estimate of drug-likeness (QED) is 0.784. The van der Waals surface area contributed by atoms with Gasteiger partial charge < -0.3 is 15.4 Å². The smallest absolute Gasteiger partial charge is 0.215 e. The number of rotatable bonds is 6. The SMILES string of the molecule is CCOc1cccc(N(C)CC(C)C(N)=S)n1. The van der Waals surface area contributed by atoms with E-state index in [0.717, 1.165) is 12.4 Å². The molecule has 0 fully saturated rings. The summed E-state index contributed by atoms with van der Waals surface area (Å²) in [5.74, 6) is 1.66. The summed E-state index contributed by atoms with van der Waals surface area (Å²) in [6, 6.07) is 5.71. The lowest BCUT2D eigenvalue weighted by Crippen LogP contribution is -2.31. The van der Waals surface area contributed by atoms with Crippen LogP contribution in [-0.2, 0) is 0 Å². The fourth-order valence-corrected chi connectivity index (χ4v) is 1.51. The van der Waals surface area contributed by atoms with Crippen LogP contribution in [0.25, 0.3) is 0 Å². The van der Waals surface area contributed by atoms with Gasteiger partial charge in [-0.25, -0.2) is 0 Å². The van der Waals surface area contributed by atoms with Crippen molar-refractivity contribution < 1.29 is 4.74 Å². The second-order valence-corrected chi connectivity index (χ2v) is 4.42. The molecule has 0 saturated heterocycles. The molecule has 0 saturated carbocycles. The Kier molecular flexibility index (Phi) is 5.15. The zero-order valence-electron chi connectivity index (χ0n) is 10.5. The van der Waals surface area contributed by atoms with Gasteiger partial charge in [0.25, 0.3) is 0 Å². The molecule has 0 aliphatic rings. The number of aromatic nitrogens is 1. The van der Waals surface area contributed by atoms with Gasteiger partial charge in [0.15, 0.2) is 0 Å². The van der Waals surface area contributed by atoms with Crippen LogP contribution in [0.5, 0.6) is 5.88 Å². The van der Waals surface area contributed by atoms with Gasteiger partial charge in [-0.15, -0.1) is 0 Å². The Balaban J connectivity index is 2.71. The number of nitrogens with zero attached hydrogens (tertiary/aromatic N) is 2. The van der Waals surface area contributed by atoms with E-state index in [1.54, 1.807) is 0 Å². The molecule has 1 rings (SSSR count). The first-order chi connectivity index (χ1) is 8.04. The molecule has 4 nitrogen and oxygen atoms in total. The molecule has 1 atom stereocenters. The third-order valence-electron chi connectivity index (χ3n) is 2.43. The highest BCUT2D eigenvalue weighted by atomic mass is 32.1. The summed E-state index contributed by atoms with van der Waals surface area (Å²) >= 11 is 4.96. The molecule has 94 valence electrons. The van der Waals surface area contributed by atoms with Crippen molar-refractivity contribution >= 4 is 23.0 Å². The molecule has 0 bridgehead atoms. The first kappa shape index (κ1) is 13.7. The van der Waals surface area contributed by atoms with E-state index in [1.165, 1.54) is 0 Å². The van der Waals surface area contributed by atoms with Crippen molar-refractivity contribution in [2.45, 2.75) is 13.8 Å². The van der Waals surface area contributed by atoms with Gasteiger partial charge in [0.2, 0.25) is 5.88 Å². The lowest BCUT2D eigenvalue weighted by Gasteiger charge is -2.22.